The van der Waals surface area contributed by atoms with E-state index in [1.54, 1.807) is 0 Å². The van der Waals surface area contributed by atoms with Crippen molar-refractivity contribution in [2.45, 2.75) is 47.6 Å². The summed E-state index contributed by atoms with van der Waals surface area (Å²) in [6.07, 6.45) is 0. The minimum Gasteiger partial charge on any atom is -0.466 e. The van der Waals surface area contributed by atoms with Gasteiger partial charge in [0.05, 0.1) is 6.04 Å². The van der Waals surface area contributed by atoms with Gasteiger partial charge >= 0.3 is 0 Å². The van der Waals surface area contributed by atoms with Crippen LogP contribution >= 0.6 is 0 Å². The lowest BCUT2D eigenvalue weighted by atomic mass is 9.90. The summed E-state index contributed by atoms with van der Waals surface area (Å²) in [6.45, 7) is 13.7. The predicted molar refractivity (Wildman–Crippen MR) is 84.4 cm³/mol. The standard InChI is InChI=1S/C18H25NO/c1-7-19-18(16-10-14(5)20-15(16)6)17-12(3)8-11(2)9-13(17)4/h8-10,18-19H,7H2,1-6H3. The van der Waals surface area contributed by atoms with Gasteiger partial charge in [-0.25, -0.2) is 0 Å². The normalized spacial score (nSPS) is 12.7. The molecule has 1 aromatic carbocycles. The van der Waals surface area contributed by atoms with E-state index in [0.29, 0.717) is 0 Å². The van der Waals surface area contributed by atoms with Gasteiger partial charge in [-0.3, -0.25) is 0 Å². The van der Waals surface area contributed by atoms with E-state index in [2.05, 4.69) is 51.2 Å². The van der Waals surface area contributed by atoms with Crippen molar-refractivity contribution in [2.75, 3.05) is 6.54 Å². The lowest BCUT2D eigenvalue weighted by Crippen LogP contribution is -2.24. The molecule has 0 aliphatic heterocycles. The predicted octanol–water partition coefficient (Wildman–Crippen LogP) is 4.52. The molecule has 1 heterocycles. The molecule has 0 radical (unpaired) electrons. The second-order valence-corrected chi connectivity index (χ2v) is 5.67. The molecule has 20 heavy (non-hydrogen) atoms. The Bertz CT molecular complexity index is 587. The van der Waals surface area contributed by atoms with Crippen LogP contribution in [0.15, 0.2) is 22.6 Å². The molecule has 0 bridgehead atoms. The zero-order valence-electron chi connectivity index (χ0n) is 13.4. The Morgan fingerprint density at radius 1 is 1.00 bits per heavy atom. The topological polar surface area (TPSA) is 25.2 Å². The van der Waals surface area contributed by atoms with Crippen LogP contribution in [0.3, 0.4) is 0 Å². The smallest absolute Gasteiger partial charge is 0.106 e. The average molecular weight is 271 g/mol. The summed E-state index contributed by atoms with van der Waals surface area (Å²) in [4.78, 5) is 0. The van der Waals surface area contributed by atoms with E-state index >= 15 is 0 Å². The van der Waals surface area contributed by atoms with Gasteiger partial charge in [-0.05, 0) is 63.9 Å². The Morgan fingerprint density at radius 2 is 1.60 bits per heavy atom. The molecule has 1 aromatic heterocycles. The fourth-order valence-corrected chi connectivity index (χ4v) is 3.16. The summed E-state index contributed by atoms with van der Waals surface area (Å²) in [5.41, 5.74) is 6.62. The van der Waals surface area contributed by atoms with Crippen LogP contribution in [0.25, 0.3) is 0 Å². The molecule has 2 aromatic rings. The molecule has 108 valence electrons. The maximum atomic E-state index is 5.73. The first kappa shape index (κ1) is 14.9. The highest BCUT2D eigenvalue weighted by atomic mass is 16.3. The summed E-state index contributed by atoms with van der Waals surface area (Å²) in [6, 6.07) is 6.88. The lowest BCUT2D eigenvalue weighted by molar-refractivity contribution is 0.494. The van der Waals surface area contributed by atoms with Gasteiger partial charge in [0, 0.05) is 5.56 Å². The molecule has 0 spiro atoms. The van der Waals surface area contributed by atoms with Crippen molar-refractivity contribution in [2.24, 2.45) is 0 Å². The monoisotopic (exact) mass is 271 g/mol. The molecule has 2 nitrogen and oxygen atoms in total. The van der Waals surface area contributed by atoms with Crippen molar-refractivity contribution in [3.63, 3.8) is 0 Å². The van der Waals surface area contributed by atoms with Crippen molar-refractivity contribution in [1.29, 1.82) is 0 Å². The first-order valence-electron chi connectivity index (χ1n) is 7.32. The number of rotatable bonds is 4. The van der Waals surface area contributed by atoms with Crippen molar-refractivity contribution in [3.8, 4) is 0 Å². The quantitative estimate of drug-likeness (QED) is 0.884. The zero-order valence-corrected chi connectivity index (χ0v) is 13.4. The fourth-order valence-electron chi connectivity index (χ4n) is 3.16. The highest BCUT2D eigenvalue weighted by Gasteiger charge is 2.21. The zero-order chi connectivity index (χ0) is 14.9. The van der Waals surface area contributed by atoms with Crippen molar-refractivity contribution < 1.29 is 4.42 Å². The summed E-state index contributed by atoms with van der Waals surface area (Å²) in [5.74, 6) is 1.98. The van der Waals surface area contributed by atoms with Gasteiger partial charge in [0.15, 0.2) is 0 Å². The minimum absolute atomic E-state index is 0.207. The molecule has 1 N–H and O–H groups in total. The molecule has 0 saturated carbocycles. The average Bonchev–Trinajstić information content (AvgIpc) is 2.66. The van der Waals surface area contributed by atoms with Gasteiger partial charge in [-0.1, -0.05) is 24.6 Å². The Hall–Kier alpha value is -1.54. The SMILES string of the molecule is CCNC(c1cc(C)oc1C)c1c(C)cc(C)cc1C. The molecule has 0 amide bonds. The molecule has 0 aliphatic carbocycles. The lowest BCUT2D eigenvalue weighted by Gasteiger charge is -2.23. The third-order valence-electron chi connectivity index (χ3n) is 3.83. The van der Waals surface area contributed by atoms with Crippen LogP contribution in [0.1, 0.15) is 52.3 Å². The van der Waals surface area contributed by atoms with E-state index in [-0.39, 0.29) is 6.04 Å². The molecular formula is C18H25NO. The second kappa shape index (κ2) is 5.84. The Kier molecular flexibility index (Phi) is 4.34. The molecule has 0 aliphatic rings. The van der Waals surface area contributed by atoms with Crippen LogP contribution in [0.2, 0.25) is 0 Å². The molecule has 2 heteroatoms. The third kappa shape index (κ3) is 2.80. The minimum atomic E-state index is 0.207. The van der Waals surface area contributed by atoms with E-state index < -0.39 is 0 Å². The van der Waals surface area contributed by atoms with Crippen LogP contribution in [0.4, 0.5) is 0 Å². The summed E-state index contributed by atoms with van der Waals surface area (Å²) in [7, 11) is 0. The Balaban J connectivity index is 2.57. The van der Waals surface area contributed by atoms with Crippen LogP contribution in [0.5, 0.6) is 0 Å². The highest BCUT2D eigenvalue weighted by molar-refractivity contribution is 5.45. The number of aryl methyl sites for hydroxylation is 5. The summed E-state index contributed by atoms with van der Waals surface area (Å²) >= 11 is 0. The number of nitrogens with one attached hydrogen (secondary N) is 1. The maximum Gasteiger partial charge on any atom is 0.106 e. The van der Waals surface area contributed by atoms with Gasteiger partial charge in [0.25, 0.3) is 0 Å². The largest absolute Gasteiger partial charge is 0.466 e. The fraction of sp³-hybridized carbons (Fsp3) is 0.444. The molecule has 0 saturated heterocycles. The number of furan rings is 1. The van der Waals surface area contributed by atoms with Crippen LogP contribution in [0, 0.1) is 34.6 Å². The second-order valence-electron chi connectivity index (χ2n) is 5.67. The Labute approximate surface area is 122 Å². The van der Waals surface area contributed by atoms with Gasteiger partial charge in [0.1, 0.15) is 11.5 Å². The molecule has 1 atom stereocenters. The van der Waals surface area contributed by atoms with Gasteiger partial charge in [0.2, 0.25) is 0 Å². The number of benzene rings is 1. The first-order valence-corrected chi connectivity index (χ1v) is 7.32. The molecule has 0 fully saturated rings. The number of hydrogen-bond donors (Lipinski definition) is 1. The van der Waals surface area contributed by atoms with Gasteiger partial charge in [-0.15, -0.1) is 0 Å². The summed E-state index contributed by atoms with van der Waals surface area (Å²) in [5, 5.41) is 3.61. The highest BCUT2D eigenvalue weighted by Crippen LogP contribution is 2.32. The maximum absolute atomic E-state index is 5.73. The van der Waals surface area contributed by atoms with Crippen LogP contribution in [-0.2, 0) is 0 Å². The summed E-state index contributed by atoms with van der Waals surface area (Å²) < 4.78 is 5.73. The third-order valence-corrected chi connectivity index (χ3v) is 3.83. The van der Waals surface area contributed by atoms with E-state index in [9.17, 15) is 0 Å². The van der Waals surface area contributed by atoms with E-state index in [0.717, 1.165) is 18.1 Å². The van der Waals surface area contributed by atoms with E-state index in [4.69, 9.17) is 4.42 Å². The van der Waals surface area contributed by atoms with Gasteiger partial charge < -0.3 is 9.73 Å². The first-order chi connectivity index (χ1) is 9.43. The number of hydrogen-bond acceptors (Lipinski definition) is 2. The molecule has 1 unspecified atom stereocenters. The van der Waals surface area contributed by atoms with E-state index in [1.807, 2.05) is 13.8 Å². The van der Waals surface area contributed by atoms with Crippen molar-refractivity contribution in [1.82, 2.24) is 5.32 Å². The van der Waals surface area contributed by atoms with E-state index in [1.165, 1.54) is 27.8 Å². The molecular weight excluding hydrogens is 246 g/mol. The molecule has 2 rings (SSSR count). The van der Waals surface area contributed by atoms with Crippen LogP contribution in [-0.4, -0.2) is 6.54 Å². The Morgan fingerprint density at radius 3 is 2.05 bits per heavy atom. The van der Waals surface area contributed by atoms with Crippen LogP contribution < -0.4 is 5.32 Å². The van der Waals surface area contributed by atoms with Crippen molar-refractivity contribution >= 4 is 0 Å². The van der Waals surface area contributed by atoms with Crippen molar-refractivity contribution in [3.05, 3.63) is 57.5 Å². The van der Waals surface area contributed by atoms with Gasteiger partial charge in [-0.2, -0.15) is 0 Å².